The van der Waals surface area contributed by atoms with Crippen LogP contribution < -0.4 is 10.6 Å². The first-order valence-corrected chi connectivity index (χ1v) is 12.7. The molecule has 0 spiro atoms. The molecule has 0 radical (unpaired) electrons. The number of carbonyl (C=O) groups is 2. The Labute approximate surface area is 220 Å². The maximum absolute atomic E-state index is 13.4. The van der Waals surface area contributed by atoms with E-state index in [-0.39, 0.29) is 11.8 Å². The lowest BCUT2D eigenvalue weighted by molar-refractivity contribution is -0.116. The number of thioether (sulfide) groups is 1. The number of hydrogen-bond donors (Lipinski definition) is 2. The molecule has 6 heteroatoms. The van der Waals surface area contributed by atoms with Gasteiger partial charge in [-0.15, -0.1) is 11.8 Å². The van der Waals surface area contributed by atoms with Gasteiger partial charge in [0.1, 0.15) is 5.25 Å². The highest BCUT2D eigenvalue weighted by Crippen LogP contribution is 2.37. The highest BCUT2D eigenvalue weighted by Gasteiger charge is 2.23. The van der Waals surface area contributed by atoms with E-state index in [9.17, 15) is 9.59 Å². The fraction of sp³-hybridized carbons (Fsp3) is 0.0667. The zero-order chi connectivity index (χ0) is 25.3. The molecule has 0 aliphatic carbocycles. The number of rotatable bonds is 8. The molecule has 0 aromatic heterocycles. The van der Waals surface area contributed by atoms with Crippen LogP contribution in [0.25, 0.3) is 6.08 Å². The van der Waals surface area contributed by atoms with Gasteiger partial charge >= 0.3 is 0 Å². The number of aryl methyl sites for hydroxylation is 1. The normalized spacial score (nSPS) is 11.7. The lowest BCUT2D eigenvalue weighted by Crippen LogP contribution is -2.19. The quantitative estimate of drug-likeness (QED) is 0.187. The maximum Gasteiger partial charge on any atom is 0.248 e. The molecule has 4 rings (SSSR count). The van der Waals surface area contributed by atoms with Gasteiger partial charge in [0.2, 0.25) is 11.8 Å². The van der Waals surface area contributed by atoms with Crippen molar-refractivity contribution in [3.63, 3.8) is 0 Å². The van der Waals surface area contributed by atoms with Crippen molar-refractivity contribution >= 4 is 52.6 Å². The summed E-state index contributed by atoms with van der Waals surface area (Å²) in [5.74, 6) is -0.383. The Hall–Kier alpha value is -3.80. The van der Waals surface area contributed by atoms with Gasteiger partial charge in [-0.25, -0.2) is 0 Å². The minimum atomic E-state index is -0.506. The summed E-state index contributed by atoms with van der Waals surface area (Å²) in [6.45, 7) is 1.93. The largest absolute Gasteiger partial charge is 0.325 e. The first kappa shape index (κ1) is 25.3. The molecule has 0 aliphatic rings. The summed E-state index contributed by atoms with van der Waals surface area (Å²) in [4.78, 5) is 26.7. The molecule has 0 saturated heterocycles. The zero-order valence-corrected chi connectivity index (χ0v) is 21.2. The average molecular weight is 513 g/mol. The van der Waals surface area contributed by atoms with Crippen LogP contribution in [0.15, 0.2) is 114 Å². The molecule has 180 valence electrons. The molecule has 0 fully saturated rings. The van der Waals surface area contributed by atoms with Crippen molar-refractivity contribution in [2.75, 3.05) is 10.6 Å². The Balaban J connectivity index is 1.51. The standard InChI is InChI=1S/C30H25ClN2O2S/c1-21-15-17-24(31)19-27(21)33-30(35)29(23-11-6-3-7-12-23)36-26-14-8-13-25(20-26)32-28(34)18-16-22-9-4-2-5-10-22/h2-20,29H,1H3,(H,32,34)(H,33,35)/b18-16+. The van der Waals surface area contributed by atoms with E-state index in [1.165, 1.54) is 17.8 Å². The fourth-order valence-electron chi connectivity index (χ4n) is 3.53. The summed E-state index contributed by atoms with van der Waals surface area (Å²) in [6.07, 6.45) is 3.27. The number of anilines is 2. The molecule has 2 amide bonds. The highest BCUT2D eigenvalue weighted by molar-refractivity contribution is 8.00. The minimum absolute atomic E-state index is 0.156. The molecule has 4 aromatic carbocycles. The van der Waals surface area contributed by atoms with Crippen LogP contribution in [0, 0.1) is 6.92 Å². The van der Waals surface area contributed by atoms with Crippen molar-refractivity contribution in [1.29, 1.82) is 0 Å². The van der Waals surface area contributed by atoms with Crippen LogP contribution in [0.5, 0.6) is 0 Å². The van der Waals surface area contributed by atoms with Gasteiger partial charge in [0.15, 0.2) is 0 Å². The third kappa shape index (κ3) is 7.11. The minimum Gasteiger partial charge on any atom is -0.325 e. The topological polar surface area (TPSA) is 58.2 Å². The van der Waals surface area contributed by atoms with Crippen LogP contribution in [0.3, 0.4) is 0 Å². The number of halogens is 1. The second kappa shape index (κ2) is 12.2. The number of amides is 2. The van der Waals surface area contributed by atoms with E-state index in [2.05, 4.69) is 10.6 Å². The van der Waals surface area contributed by atoms with Crippen LogP contribution >= 0.6 is 23.4 Å². The van der Waals surface area contributed by atoms with E-state index in [4.69, 9.17) is 11.6 Å². The summed E-state index contributed by atoms with van der Waals surface area (Å²) in [6, 6.07) is 32.1. The summed E-state index contributed by atoms with van der Waals surface area (Å²) >= 11 is 7.56. The second-order valence-corrected chi connectivity index (χ2v) is 9.73. The molecule has 36 heavy (non-hydrogen) atoms. The Morgan fingerprint density at radius 3 is 2.31 bits per heavy atom. The van der Waals surface area contributed by atoms with Gasteiger partial charge in [-0.2, -0.15) is 0 Å². The van der Waals surface area contributed by atoms with Crippen LogP contribution in [0.4, 0.5) is 11.4 Å². The molecule has 0 bridgehead atoms. The Kier molecular flexibility index (Phi) is 8.61. The number of benzene rings is 4. The Morgan fingerprint density at radius 2 is 1.56 bits per heavy atom. The number of hydrogen-bond acceptors (Lipinski definition) is 3. The first-order chi connectivity index (χ1) is 17.5. The third-order valence-corrected chi connectivity index (χ3v) is 6.86. The van der Waals surface area contributed by atoms with Crippen LogP contribution in [0.2, 0.25) is 5.02 Å². The molecule has 1 atom stereocenters. The molecule has 1 unspecified atom stereocenters. The molecule has 0 heterocycles. The van der Waals surface area contributed by atoms with Gasteiger partial charge in [0.25, 0.3) is 0 Å². The number of nitrogens with one attached hydrogen (secondary N) is 2. The molecule has 0 saturated carbocycles. The van der Waals surface area contributed by atoms with Gasteiger partial charge in [-0.1, -0.05) is 84.4 Å². The van der Waals surface area contributed by atoms with E-state index in [0.717, 1.165) is 21.6 Å². The van der Waals surface area contributed by atoms with Gasteiger partial charge in [0.05, 0.1) is 0 Å². The van der Waals surface area contributed by atoms with Crippen molar-refractivity contribution in [1.82, 2.24) is 0 Å². The summed E-state index contributed by atoms with van der Waals surface area (Å²) in [5.41, 5.74) is 4.09. The van der Waals surface area contributed by atoms with E-state index >= 15 is 0 Å². The molecule has 4 nitrogen and oxygen atoms in total. The first-order valence-electron chi connectivity index (χ1n) is 11.4. The lowest BCUT2D eigenvalue weighted by Gasteiger charge is -2.18. The van der Waals surface area contributed by atoms with Gasteiger partial charge in [-0.3, -0.25) is 9.59 Å². The fourth-order valence-corrected chi connectivity index (χ4v) is 4.79. The van der Waals surface area contributed by atoms with Crippen LogP contribution in [-0.4, -0.2) is 11.8 Å². The molecule has 4 aromatic rings. The monoisotopic (exact) mass is 512 g/mol. The average Bonchev–Trinajstić information content (AvgIpc) is 2.89. The van der Waals surface area contributed by atoms with Crippen molar-refractivity contribution in [3.8, 4) is 0 Å². The van der Waals surface area contributed by atoms with Crippen molar-refractivity contribution < 1.29 is 9.59 Å². The lowest BCUT2D eigenvalue weighted by atomic mass is 10.1. The van der Waals surface area contributed by atoms with Crippen LogP contribution in [0.1, 0.15) is 21.9 Å². The summed E-state index contributed by atoms with van der Waals surface area (Å²) in [7, 11) is 0. The molecule has 0 aliphatic heterocycles. The third-order valence-electron chi connectivity index (χ3n) is 5.38. The number of carbonyl (C=O) groups excluding carboxylic acids is 2. The molecule has 2 N–H and O–H groups in total. The van der Waals surface area contributed by atoms with Gasteiger partial charge < -0.3 is 10.6 Å². The van der Waals surface area contributed by atoms with Crippen LogP contribution in [-0.2, 0) is 9.59 Å². The molecular formula is C30H25ClN2O2S. The van der Waals surface area contributed by atoms with Gasteiger partial charge in [0, 0.05) is 27.4 Å². The van der Waals surface area contributed by atoms with Gasteiger partial charge in [-0.05, 0) is 60.0 Å². The predicted octanol–water partition coefficient (Wildman–Crippen LogP) is 7.77. The van der Waals surface area contributed by atoms with Crippen molar-refractivity contribution in [3.05, 3.63) is 131 Å². The summed E-state index contributed by atoms with van der Waals surface area (Å²) in [5, 5.41) is 5.97. The predicted molar refractivity (Wildman–Crippen MR) is 150 cm³/mol. The zero-order valence-electron chi connectivity index (χ0n) is 19.6. The second-order valence-electron chi connectivity index (χ2n) is 8.12. The van der Waals surface area contributed by atoms with Crippen molar-refractivity contribution in [2.45, 2.75) is 17.1 Å². The maximum atomic E-state index is 13.4. The van der Waals surface area contributed by atoms with E-state index in [1.807, 2.05) is 97.9 Å². The molecular weight excluding hydrogens is 488 g/mol. The Bertz CT molecular complexity index is 1370. The van der Waals surface area contributed by atoms with E-state index < -0.39 is 5.25 Å². The van der Waals surface area contributed by atoms with E-state index in [0.29, 0.717) is 16.4 Å². The SMILES string of the molecule is Cc1ccc(Cl)cc1NC(=O)C(Sc1cccc(NC(=O)/C=C/c2ccccc2)c1)c1ccccc1. The van der Waals surface area contributed by atoms with E-state index in [1.54, 1.807) is 18.2 Å². The smallest absolute Gasteiger partial charge is 0.248 e. The Morgan fingerprint density at radius 1 is 0.833 bits per heavy atom. The summed E-state index contributed by atoms with van der Waals surface area (Å²) < 4.78 is 0. The highest BCUT2D eigenvalue weighted by atomic mass is 35.5. The van der Waals surface area contributed by atoms with Crippen molar-refractivity contribution in [2.24, 2.45) is 0 Å².